The van der Waals surface area contributed by atoms with E-state index in [2.05, 4.69) is 10.3 Å². The van der Waals surface area contributed by atoms with Crippen molar-refractivity contribution in [1.29, 1.82) is 0 Å². The normalized spacial score (nSPS) is 50.7. The van der Waals surface area contributed by atoms with Crippen molar-refractivity contribution >= 4 is 5.96 Å². The van der Waals surface area contributed by atoms with Crippen molar-refractivity contribution < 1.29 is 49.2 Å². The molecule has 16 atom stereocenters. The molecule has 0 aromatic rings. The van der Waals surface area contributed by atoms with E-state index in [0.717, 1.165) is 0 Å². The summed E-state index contributed by atoms with van der Waals surface area (Å²) in [4.78, 5) is 3.99. The van der Waals surface area contributed by atoms with Gasteiger partial charge in [0.05, 0.1) is 36.9 Å². The number of ether oxygens (including phenoxy) is 5. The number of aliphatic hydroxyl groups is 5. The lowest BCUT2D eigenvalue weighted by atomic mass is 9.84. The van der Waals surface area contributed by atoms with E-state index < -0.39 is 105 Å². The number of rotatable bonds is 7. The second kappa shape index (κ2) is 12.7. The Morgan fingerprint density at radius 3 is 2.21 bits per heavy atom. The van der Waals surface area contributed by atoms with Crippen LogP contribution in [0.4, 0.5) is 0 Å². The van der Waals surface area contributed by atoms with Gasteiger partial charge in [0.25, 0.3) is 0 Å². The van der Waals surface area contributed by atoms with E-state index in [1.165, 1.54) is 0 Å². The highest BCUT2D eigenvalue weighted by molar-refractivity contribution is 5.75. The fraction of sp³-hybridized carbons (Fsp3) is 0.955. The van der Waals surface area contributed by atoms with Gasteiger partial charge in [-0.05, 0) is 19.9 Å². The zero-order valence-corrected chi connectivity index (χ0v) is 21.7. The molecule has 0 amide bonds. The van der Waals surface area contributed by atoms with Crippen LogP contribution in [-0.4, -0.2) is 143 Å². The fourth-order valence-corrected chi connectivity index (χ4v) is 5.71. The monoisotopic (exact) mass is 565 g/mol. The Balaban J connectivity index is 1.42. The largest absolute Gasteiger partial charge is 0.394 e. The van der Waals surface area contributed by atoms with Crippen molar-refractivity contribution in [3.63, 3.8) is 0 Å². The Morgan fingerprint density at radius 1 is 0.846 bits per heavy atom. The molecule has 16 N–H and O–H groups in total. The summed E-state index contributed by atoms with van der Waals surface area (Å²) >= 11 is 0. The number of hydrogen-bond acceptors (Lipinski definition) is 15. The lowest BCUT2D eigenvalue weighted by molar-refractivity contribution is -0.367. The van der Waals surface area contributed by atoms with Crippen molar-refractivity contribution in [3.8, 4) is 0 Å². The molecular formula is C22H43N7O10. The van der Waals surface area contributed by atoms with Gasteiger partial charge in [-0.1, -0.05) is 0 Å². The summed E-state index contributed by atoms with van der Waals surface area (Å²) in [7, 11) is 1.59. The molecule has 0 bridgehead atoms. The molecule has 1 saturated carbocycles. The predicted molar refractivity (Wildman–Crippen MR) is 133 cm³/mol. The molecule has 1 aliphatic carbocycles. The Kier molecular flexibility index (Phi) is 9.99. The quantitative estimate of drug-likeness (QED) is 0.101. The summed E-state index contributed by atoms with van der Waals surface area (Å²) in [6, 6.07) is -3.61. The van der Waals surface area contributed by atoms with Gasteiger partial charge >= 0.3 is 0 Å². The lowest BCUT2D eigenvalue weighted by Crippen LogP contribution is -2.69. The van der Waals surface area contributed by atoms with Gasteiger partial charge < -0.3 is 83.2 Å². The van der Waals surface area contributed by atoms with Gasteiger partial charge in [-0.2, -0.15) is 0 Å². The molecule has 0 radical (unpaired) electrons. The standard InChI is InChI=1S/C22H43N7O10/c1-28-13-15(33)18-11(3-8(25)19(38-18)37-17-7(24)2-6(23)14(32)16(17)34)35-21(13)39-20-10(31)4-9(29-22(26)27)12(5-30)36-20/h6-21,28,30-34H,2-5,23-25H2,1H3,(H4,26,27,29)/t6-,7?,8?,9?,10?,11+,12?,13?,14?,15?,16?,17-,18?,19+,20-,21?/m1/s1. The number of guanidine groups is 1. The second-order valence-electron chi connectivity index (χ2n) is 10.6. The van der Waals surface area contributed by atoms with Gasteiger partial charge in [-0.3, -0.25) is 0 Å². The maximum absolute atomic E-state index is 11.2. The number of likely N-dealkylation sites (N-methyl/N-ethyl adjacent to an activating group) is 1. The summed E-state index contributed by atoms with van der Waals surface area (Å²) < 4.78 is 29.7. The third-order valence-electron chi connectivity index (χ3n) is 7.83. The van der Waals surface area contributed by atoms with Crippen LogP contribution in [0, 0.1) is 0 Å². The van der Waals surface area contributed by atoms with Gasteiger partial charge in [0.2, 0.25) is 0 Å². The first-order valence-corrected chi connectivity index (χ1v) is 13.1. The smallest absolute Gasteiger partial charge is 0.187 e. The molecular weight excluding hydrogens is 522 g/mol. The Hall–Kier alpha value is -1.29. The molecule has 4 rings (SSSR count). The molecule has 39 heavy (non-hydrogen) atoms. The second-order valence-corrected chi connectivity index (χ2v) is 10.6. The van der Waals surface area contributed by atoms with Crippen LogP contribution in [-0.2, 0) is 23.7 Å². The van der Waals surface area contributed by atoms with Crippen LogP contribution in [0.5, 0.6) is 0 Å². The van der Waals surface area contributed by atoms with Crippen LogP contribution in [0.15, 0.2) is 4.99 Å². The number of hydrogen-bond donors (Lipinski definition) is 11. The van der Waals surface area contributed by atoms with E-state index >= 15 is 0 Å². The molecule has 0 aromatic carbocycles. The number of nitrogens with zero attached hydrogens (tertiary/aromatic N) is 1. The summed E-state index contributed by atoms with van der Waals surface area (Å²) in [5.41, 5.74) is 29.1. The van der Waals surface area contributed by atoms with Crippen molar-refractivity contribution in [2.45, 2.75) is 117 Å². The maximum Gasteiger partial charge on any atom is 0.187 e. The lowest BCUT2D eigenvalue weighted by Gasteiger charge is -2.51. The van der Waals surface area contributed by atoms with Crippen LogP contribution in [0.1, 0.15) is 19.3 Å². The maximum atomic E-state index is 11.2. The minimum atomic E-state index is -1.34. The number of aliphatic hydroxyl groups excluding tert-OH is 5. The first kappa shape index (κ1) is 30.7. The topological polar surface area (TPSA) is 302 Å². The minimum Gasteiger partial charge on any atom is -0.394 e. The number of nitrogens with two attached hydrogens (primary N) is 5. The van der Waals surface area contributed by atoms with Crippen LogP contribution in [0.25, 0.3) is 0 Å². The van der Waals surface area contributed by atoms with Gasteiger partial charge in [-0.25, -0.2) is 4.99 Å². The molecule has 11 unspecified atom stereocenters. The van der Waals surface area contributed by atoms with Gasteiger partial charge in [-0.15, -0.1) is 0 Å². The van der Waals surface area contributed by atoms with Crippen molar-refractivity contribution in [2.75, 3.05) is 13.7 Å². The predicted octanol–water partition coefficient (Wildman–Crippen LogP) is -6.61. The van der Waals surface area contributed by atoms with Crippen LogP contribution in [0.2, 0.25) is 0 Å². The summed E-state index contributed by atoms with van der Waals surface area (Å²) in [6.07, 6.45) is -11.3. The highest BCUT2D eigenvalue weighted by Gasteiger charge is 2.53. The highest BCUT2D eigenvalue weighted by atomic mass is 16.8. The minimum absolute atomic E-state index is 0.0566. The van der Waals surface area contributed by atoms with E-state index in [9.17, 15) is 25.5 Å². The van der Waals surface area contributed by atoms with E-state index in [1.807, 2.05) is 0 Å². The van der Waals surface area contributed by atoms with Gasteiger partial charge in [0.15, 0.2) is 24.8 Å². The zero-order chi connectivity index (χ0) is 28.6. The third-order valence-corrected chi connectivity index (χ3v) is 7.83. The van der Waals surface area contributed by atoms with E-state index in [4.69, 9.17) is 52.4 Å². The Morgan fingerprint density at radius 2 is 1.56 bits per heavy atom. The summed E-state index contributed by atoms with van der Waals surface area (Å²) in [5, 5.41) is 55.1. The SMILES string of the molecule is CNC1C(O[C@H]2OC(CO)C(N=C(N)N)CC2O)O[C@H]2CC(N)[C@@H](O[C@@H]3C(N)C[C@@H](N)C(O)C3O)OC2C1O. The molecule has 3 heterocycles. The van der Waals surface area contributed by atoms with E-state index in [1.54, 1.807) is 7.05 Å². The highest BCUT2D eigenvalue weighted by Crippen LogP contribution is 2.35. The molecule has 0 spiro atoms. The van der Waals surface area contributed by atoms with Gasteiger partial charge in [0.1, 0.15) is 36.6 Å². The number of nitrogens with one attached hydrogen (secondary N) is 1. The van der Waals surface area contributed by atoms with Crippen molar-refractivity contribution in [1.82, 2.24) is 5.32 Å². The van der Waals surface area contributed by atoms with E-state index in [0.29, 0.717) is 0 Å². The Labute approximate surface area is 225 Å². The number of aliphatic imine (C=N–C) groups is 1. The molecule has 0 aromatic heterocycles. The summed E-state index contributed by atoms with van der Waals surface area (Å²) in [5.74, 6) is -0.204. The van der Waals surface area contributed by atoms with Gasteiger partial charge in [0, 0.05) is 18.5 Å². The molecule has 3 aliphatic heterocycles. The third kappa shape index (κ3) is 6.47. The number of fused-ring (bicyclic) bond motifs is 1. The van der Waals surface area contributed by atoms with E-state index in [-0.39, 0.29) is 25.2 Å². The fourth-order valence-electron chi connectivity index (χ4n) is 5.71. The van der Waals surface area contributed by atoms with Crippen molar-refractivity contribution in [2.24, 2.45) is 33.7 Å². The van der Waals surface area contributed by atoms with Crippen LogP contribution in [0.3, 0.4) is 0 Å². The molecule has 17 heteroatoms. The molecule has 4 fully saturated rings. The first-order valence-electron chi connectivity index (χ1n) is 13.1. The summed E-state index contributed by atoms with van der Waals surface area (Å²) in [6.45, 7) is -0.422. The first-order chi connectivity index (χ1) is 18.4. The molecule has 4 aliphatic rings. The average molecular weight is 566 g/mol. The molecule has 226 valence electrons. The molecule has 3 saturated heterocycles. The zero-order valence-electron chi connectivity index (χ0n) is 21.7. The Bertz CT molecular complexity index is 841. The van der Waals surface area contributed by atoms with Crippen LogP contribution < -0.4 is 34.0 Å². The van der Waals surface area contributed by atoms with Crippen LogP contribution >= 0.6 is 0 Å². The molecule has 17 nitrogen and oxygen atoms in total. The average Bonchev–Trinajstić information content (AvgIpc) is 2.87. The van der Waals surface area contributed by atoms with Crippen molar-refractivity contribution in [3.05, 3.63) is 0 Å².